The van der Waals surface area contributed by atoms with E-state index in [0.717, 1.165) is 47.8 Å². The number of thiophene rings is 1. The lowest BCUT2D eigenvalue weighted by Gasteiger charge is -2.23. The molecule has 2 heterocycles. The second-order valence-corrected chi connectivity index (χ2v) is 6.87. The number of rotatable bonds is 6. The number of nitrogens with two attached hydrogens (primary N) is 1. The molecule has 1 aromatic carbocycles. The van der Waals surface area contributed by atoms with Gasteiger partial charge in [0.25, 0.3) is 0 Å². The van der Waals surface area contributed by atoms with E-state index >= 15 is 0 Å². The maximum absolute atomic E-state index is 9.51. The van der Waals surface area contributed by atoms with Crippen LogP contribution in [0.3, 0.4) is 0 Å². The Morgan fingerprint density at radius 2 is 2.33 bits per heavy atom. The molecule has 0 saturated carbocycles. The first-order valence-corrected chi connectivity index (χ1v) is 8.99. The highest BCUT2D eigenvalue weighted by Crippen LogP contribution is 2.29. The Bertz CT molecular complexity index is 700. The average Bonchev–Trinajstić information content (AvgIpc) is 3.26. The highest BCUT2D eigenvalue weighted by molar-refractivity contribution is 7.12. The number of nitrogens with zero attached hydrogens (tertiary/aromatic N) is 2. The summed E-state index contributed by atoms with van der Waals surface area (Å²) >= 11 is 1.58. The van der Waals surface area contributed by atoms with Gasteiger partial charge in [0, 0.05) is 18.2 Å². The molecule has 0 spiro atoms. The van der Waals surface area contributed by atoms with Crippen molar-refractivity contribution in [1.82, 2.24) is 4.90 Å². The molecule has 1 saturated heterocycles. The zero-order valence-corrected chi connectivity index (χ0v) is 14.6. The SMILES string of the molecule is COc1ccc(N=C(N)c2cccs2)cc1CN1CCC[C@H]1CO. The van der Waals surface area contributed by atoms with Crippen LogP contribution in [0, 0.1) is 0 Å². The van der Waals surface area contributed by atoms with Crippen molar-refractivity contribution in [1.29, 1.82) is 0 Å². The van der Waals surface area contributed by atoms with Crippen molar-refractivity contribution in [2.24, 2.45) is 10.7 Å². The number of ether oxygens (including phenoxy) is 1. The second kappa shape index (κ2) is 7.79. The van der Waals surface area contributed by atoms with Gasteiger partial charge in [0.05, 0.1) is 24.3 Å². The lowest BCUT2D eigenvalue weighted by molar-refractivity contribution is 0.152. The van der Waals surface area contributed by atoms with E-state index < -0.39 is 0 Å². The van der Waals surface area contributed by atoms with Crippen LogP contribution in [-0.2, 0) is 6.54 Å². The van der Waals surface area contributed by atoms with Crippen LogP contribution in [0.2, 0.25) is 0 Å². The first kappa shape index (κ1) is 17.0. The van der Waals surface area contributed by atoms with Crippen LogP contribution in [0.5, 0.6) is 5.75 Å². The maximum atomic E-state index is 9.51. The third kappa shape index (κ3) is 3.77. The third-order valence-corrected chi connectivity index (χ3v) is 5.26. The Labute approximate surface area is 146 Å². The number of aliphatic hydroxyl groups excluding tert-OH is 1. The van der Waals surface area contributed by atoms with Crippen LogP contribution in [0.15, 0.2) is 40.7 Å². The van der Waals surface area contributed by atoms with Gasteiger partial charge in [-0.3, -0.25) is 4.90 Å². The van der Waals surface area contributed by atoms with Crippen LogP contribution >= 0.6 is 11.3 Å². The smallest absolute Gasteiger partial charge is 0.141 e. The summed E-state index contributed by atoms with van der Waals surface area (Å²) in [6.45, 7) is 1.95. The fraction of sp³-hybridized carbons (Fsp3) is 0.389. The van der Waals surface area contributed by atoms with Crippen molar-refractivity contribution in [3.63, 3.8) is 0 Å². The van der Waals surface area contributed by atoms with Gasteiger partial charge in [-0.2, -0.15) is 0 Å². The number of benzene rings is 1. The topological polar surface area (TPSA) is 71.1 Å². The van der Waals surface area contributed by atoms with Crippen molar-refractivity contribution >= 4 is 22.9 Å². The van der Waals surface area contributed by atoms with E-state index in [1.807, 2.05) is 35.7 Å². The molecule has 1 aliphatic heterocycles. The molecule has 3 rings (SSSR count). The van der Waals surface area contributed by atoms with Crippen molar-refractivity contribution in [3.8, 4) is 5.75 Å². The van der Waals surface area contributed by atoms with Gasteiger partial charge in [-0.05, 0) is 49.0 Å². The molecule has 3 N–H and O–H groups in total. The molecule has 0 bridgehead atoms. The van der Waals surface area contributed by atoms with E-state index in [9.17, 15) is 5.11 Å². The lowest BCUT2D eigenvalue weighted by Crippen LogP contribution is -2.31. The molecule has 0 radical (unpaired) electrons. The van der Waals surface area contributed by atoms with E-state index in [0.29, 0.717) is 5.84 Å². The summed E-state index contributed by atoms with van der Waals surface area (Å²) < 4.78 is 5.49. The first-order chi connectivity index (χ1) is 11.7. The third-order valence-electron chi connectivity index (χ3n) is 4.37. The Morgan fingerprint density at radius 1 is 1.46 bits per heavy atom. The summed E-state index contributed by atoms with van der Waals surface area (Å²) in [5.74, 6) is 1.36. The monoisotopic (exact) mass is 345 g/mol. The van der Waals surface area contributed by atoms with E-state index in [1.165, 1.54) is 0 Å². The Kier molecular flexibility index (Phi) is 5.50. The number of aliphatic hydroxyl groups is 1. The molecule has 2 aromatic rings. The summed E-state index contributed by atoms with van der Waals surface area (Å²) in [5, 5.41) is 11.5. The van der Waals surface area contributed by atoms with Crippen LogP contribution in [0.1, 0.15) is 23.3 Å². The minimum absolute atomic E-state index is 0.200. The average molecular weight is 345 g/mol. The standard InChI is InChI=1S/C18H23N3O2S/c1-23-16-7-6-14(20-18(19)17-5-3-9-24-17)10-13(16)11-21-8-2-4-15(21)12-22/h3,5-7,9-10,15,22H,2,4,8,11-12H2,1H3,(H2,19,20)/t15-/m0/s1. The molecule has 0 aliphatic carbocycles. The molecule has 5 nitrogen and oxygen atoms in total. The van der Waals surface area contributed by atoms with Gasteiger partial charge in [-0.25, -0.2) is 4.99 Å². The Balaban J connectivity index is 1.84. The van der Waals surface area contributed by atoms with Crippen LogP contribution < -0.4 is 10.5 Å². The van der Waals surface area contributed by atoms with Crippen LogP contribution in [0.25, 0.3) is 0 Å². The van der Waals surface area contributed by atoms with Crippen molar-refractivity contribution in [2.75, 3.05) is 20.3 Å². The van der Waals surface area contributed by atoms with Gasteiger partial charge in [0.15, 0.2) is 0 Å². The van der Waals surface area contributed by atoms with Gasteiger partial charge < -0.3 is 15.6 Å². The molecular weight excluding hydrogens is 322 g/mol. The number of aliphatic imine (C=N–C) groups is 1. The molecule has 128 valence electrons. The number of amidine groups is 1. The van der Waals surface area contributed by atoms with Gasteiger partial charge in [0.1, 0.15) is 11.6 Å². The summed E-state index contributed by atoms with van der Waals surface area (Å²) in [7, 11) is 1.68. The predicted octanol–water partition coefficient (Wildman–Crippen LogP) is 2.75. The van der Waals surface area contributed by atoms with Crippen LogP contribution in [-0.4, -0.2) is 42.1 Å². The molecule has 24 heavy (non-hydrogen) atoms. The van der Waals surface area contributed by atoms with E-state index in [2.05, 4.69) is 9.89 Å². The maximum Gasteiger partial charge on any atom is 0.141 e. The fourth-order valence-corrected chi connectivity index (χ4v) is 3.73. The van der Waals surface area contributed by atoms with Gasteiger partial charge >= 0.3 is 0 Å². The molecule has 1 aliphatic rings. The second-order valence-electron chi connectivity index (χ2n) is 5.92. The Morgan fingerprint density at radius 3 is 3.04 bits per heavy atom. The molecule has 1 atom stereocenters. The highest BCUT2D eigenvalue weighted by atomic mass is 32.1. The lowest BCUT2D eigenvalue weighted by atomic mass is 10.1. The first-order valence-electron chi connectivity index (χ1n) is 8.11. The summed E-state index contributed by atoms with van der Waals surface area (Å²) in [6.07, 6.45) is 2.17. The van der Waals surface area contributed by atoms with Gasteiger partial charge in [-0.1, -0.05) is 6.07 Å². The number of hydrogen-bond acceptors (Lipinski definition) is 5. The normalized spacial score (nSPS) is 18.9. The van der Waals surface area contributed by atoms with Crippen LogP contribution in [0.4, 0.5) is 5.69 Å². The molecule has 1 aromatic heterocycles. The zero-order valence-electron chi connectivity index (χ0n) is 13.8. The summed E-state index contributed by atoms with van der Waals surface area (Å²) in [4.78, 5) is 7.80. The number of hydrogen-bond donors (Lipinski definition) is 2. The van der Waals surface area contributed by atoms with E-state index in [4.69, 9.17) is 10.5 Å². The van der Waals surface area contributed by atoms with E-state index in [-0.39, 0.29) is 12.6 Å². The highest BCUT2D eigenvalue weighted by Gasteiger charge is 2.24. The number of likely N-dealkylation sites (tertiary alicyclic amines) is 1. The van der Waals surface area contributed by atoms with Gasteiger partial charge in [0.2, 0.25) is 0 Å². The largest absolute Gasteiger partial charge is 0.496 e. The number of methoxy groups -OCH3 is 1. The minimum Gasteiger partial charge on any atom is -0.496 e. The van der Waals surface area contributed by atoms with Crippen molar-refractivity contribution < 1.29 is 9.84 Å². The van der Waals surface area contributed by atoms with E-state index in [1.54, 1.807) is 18.4 Å². The molecule has 6 heteroatoms. The molecule has 0 amide bonds. The molecule has 1 fully saturated rings. The predicted molar refractivity (Wildman–Crippen MR) is 98.2 cm³/mol. The molecule has 0 unspecified atom stereocenters. The van der Waals surface area contributed by atoms with Crippen molar-refractivity contribution in [2.45, 2.75) is 25.4 Å². The van der Waals surface area contributed by atoms with Crippen molar-refractivity contribution in [3.05, 3.63) is 46.2 Å². The zero-order chi connectivity index (χ0) is 16.9. The summed E-state index contributed by atoms with van der Waals surface area (Å²) in [5.41, 5.74) is 7.97. The minimum atomic E-state index is 0.200. The quantitative estimate of drug-likeness (QED) is 0.624. The van der Waals surface area contributed by atoms with Gasteiger partial charge in [-0.15, -0.1) is 11.3 Å². The molecular formula is C18H23N3O2S. The fourth-order valence-electron chi connectivity index (χ4n) is 3.11. The summed E-state index contributed by atoms with van der Waals surface area (Å²) in [6, 6.07) is 10.0. The Hall–Kier alpha value is -1.89.